The number of nitrogens with zero attached hydrogens (tertiary/aromatic N) is 3. The molecule has 15 nitrogen and oxygen atoms in total. The third-order valence-electron chi connectivity index (χ3n) is 10.8. The second-order valence-electron chi connectivity index (χ2n) is 15.0. The van der Waals surface area contributed by atoms with E-state index in [2.05, 4.69) is 16.0 Å². The highest BCUT2D eigenvalue weighted by Gasteiger charge is 2.46. The summed E-state index contributed by atoms with van der Waals surface area (Å²) in [5, 5.41) is 8.27. The van der Waals surface area contributed by atoms with Crippen molar-refractivity contribution in [2.24, 2.45) is 5.92 Å². The van der Waals surface area contributed by atoms with E-state index in [-0.39, 0.29) is 31.3 Å². The molecule has 294 valence electrons. The molecule has 4 saturated heterocycles. The van der Waals surface area contributed by atoms with E-state index in [1.165, 1.54) is 20.8 Å². The van der Waals surface area contributed by atoms with Crippen molar-refractivity contribution in [2.45, 2.75) is 121 Å². The number of cyclic esters (lactones) is 1. The lowest BCUT2D eigenvalue weighted by Crippen LogP contribution is -2.62. The Morgan fingerprint density at radius 3 is 2.37 bits per heavy atom. The van der Waals surface area contributed by atoms with Gasteiger partial charge in [0.2, 0.25) is 35.4 Å². The Balaban J connectivity index is 1.45. The number of nitrogens with one attached hydrogen (secondary N) is 3. The fourth-order valence-electron chi connectivity index (χ4n) is 7.83. The van der Waals surface area contributed by atoms with Crippen molar-refractivity contribution < 1.29 is 38.3 Å². The molecule has 5 rings (SSSR count). The maximum Gasteiger partial charge on any atom is 0.328 e. The molecule has 4 aliphatic heterocycles. The van der Waals surface area contributed by atoms with E-state index in [9.17, 15) is 33.6 Å². The van der Waals surface area contributed by atoms with Crippen LogP contribution < -0.4 is 21.7 Å². The lowest BCUT2D eigenvalue weighted by molar-refractivity contribution is -0.158. The SMILES string of the molecule is CCCC/C=C/C(=O)N[C@@H](Cc1cccc(N)c1)C(=O)N[C@H]1COC(=O)[C@H]2CCCN2C(=O)[C@H](C)NC(=O)[C@H]2CC(C)CCN2C(=O)[C@H]2CCCN2C1=O. The minimum atomic E-state index is -1.42. The predicted molar refractivity (Wildman–Crippen MR) is 199 cm³/mol. The van der Waals surface area contributed by atoms with Crippen molar-refractivity contribution in [1.82, 2.24) is 30.7 Å². The summed E-state index contributed by atoms with van der Waals surface area (Å²) in [6.07, 6.45) is 8.47. The average molecular weight is 750 g/mol. The molecule has 0 radical (unpaired) electrons. The van der Waals surface area contributed by atoms with Crippen LogP contribution in [0.4, 0.5) is 5.69 Å². The molecule has 0 bridgehead atoms. The van der Waals surface area contributed by atoms with Crippen LogP contribution in [0.3, 0.4) is 0 Å². The number of anilines is 1. The van der Waals surface area contributed by atoms with Crippen LogP contribution in [0.2, 0.25) is 0 Å². The number of nitrogens with two attached hydrogens (primary N) is 1. The smallest absolute Gasteiger partial charge is 0.328 e. The second kappa shape index (κ2) is 18.4. The molecule has 15 heteroatoms. The van der Waals surface area contributed by atoms with Gasteiger partial charge in [0, 0.05) is 31.7 Å². The molecular formula is C39H55N7O8. The summed E-state index contributed by atoms with van der Waals surface area (Å²) in [5.41, 5.74) is 7.14. The summed E-state index contributed by atoms with van der Waals surface area (Å²) in [4.78, 5) is 101. The summed E-state index contributed by atoms with van der Waals surface area (Å²) in [5.74, 6) is -3.74. The Morgan fingerprint density at radius 2 is 1.65 bits per heavy atom. The summed E-state index contributed by atoms with van der Waals surface area (Å²) in [7, 11) is 0. The number of fused-ring (bicyclic) bond motifs is 3. The molecule has 0 spiro atoms. The first kappa shape index (κ1) is 40.2. The number of amides is 6. The number of carbonyl (C=O) groups is 7. The van der Waals surface area contributed by atoms with E-state index in [4.69, 9.17) is 10.5 Å². The van der Waals surface area contributed by atoms with Crippen LogP contribution >= 0.6 is 0 Å². The van der Waals surface area contributed by atoms with Crippen LogP contribution in [0.25, 0.3) is 0 Å². The number of nitrogen functional groups attached to an aromatic ring is 1. The van der Waals surface area contributed by atoms with Gasteiger partial charge in [-0.05, 0) is 81.6 Å². The molecule has 0 saturated carbocycles. The van der Waals surface area contributed by atoms with Crippen LogP contribution in [0.1, 0.15) is 84.1 Å². The van der Waals surface area contributed by atoms with Gasteiger partial charge >= 0.3 is 5.97 Å². The van der Waals surface area contributed by atoms with Gasteiger partial charge in [0.05, 0.1) is 0 Å². The molecule has 0 aromatic heterocycles. The molecule has 7 atom stereocenters. The zero-order valence-corrected chi connectivity index (χ0v) is 31.6. The van der Waals surface area contributed by atoms with E-state index in [1.54, 1.807) is 37.3 Å². The Hall–Kier alpha value is -4.95. The molecule has 4 fully saturated rings. The van der Waals surface area contributed by atoms with E-state index >= 15 is 0 Å². The summed E-state index contributed by atoms with van der Waals surface area (Å²) in [6, 6.07) is 0.660. The first-order chi connectivity index (χ1) is 25.9. The highest BCUT2D eigenvalue weighted by atomic mass is 16.5. The molecule has 1 unspecified atom stereocenters. The molecule has 0 aliphatic carbocycles. The lowest BCUT2D eigenvalue weighted by atomic mass is 9.91. The van der Waals surface area contributed by atoms with Crippen LogP contribution in [0, 0.1) is 5.92 Å². The van der Waals surface area contributed by atoms with E-state index in [0.717, 1.165) is 12.8 Å². The Kier molecular flexibility index (Phi) is 13.7. The molecule has 4 aliphatic rings. The predicted octanol–water partition coefficient (Wildman–Crippen LogP) is 1.20. The van der Waals surface area contributed by atoms with Crippen molar-refractivity contribution in [1.29, 1.82) is 0 Å². The van der Waals surface area contributed by atoms with Crippen molar-refractivity contribution in [3.05, 3.63) is 42.0 Å². The van der Waals surface area contributed by atoms with Gasteiger partial charge in [0.1, 0.15) is 42.9 Å². The number of allylic oxidation sites excluding steroid dienone is 1. The zero-order valence-electron chi connectivity index (χ0n) is 31.6. The first-order valence-corrected chi connectivity index (χ1v) is 19.4. The summed E-state index contributed by atoms with van der Waals surface area (Å²) < 4.78 is 5.70. The third kappa shape index (κ3) is 9.77. The van der Waals surface area contributed by atoms with Gasteiger partial charge in [-0.25, -0.2) is 4.79 Å². The number of hydrogen-bond donors (Lipinski definition) is 4. The van der Waals surface area contributed by atoms with Gasteiger partial charge in [-0.1, -0.05) is 44.9 Å². The van der Waals surface area contributed by atoms with Crippen molar-refractivity contribution in [3.63, 3.8) is 0 Å². The largest absolute Gasteiger partial charge is 0.461 e. The van der Waals surface area contributed by atoms with Crippen LogP contribution in [0.5, 0.6) is 0 Å². The summed E-state index contributed by atoms with van der Waals surface area (Å²) >= 11 is 0. The molecular weight excluding hydrogens is 694 g/mol. The normalized spacial score (nSPS) is 27.5. The number of benzene rings is 1. The fraction of sp³-hybridized carbons (Fsp3) is 0.615. The van der Waals surface area contributed by atoms with Crippen LogP contribution in [-0.4, -0.2) is 119 Å². The maximum atomic E-state index is 14.4. The highest BCUT2D eigenvalue weighted by Crippen LogP contribution is 2.28. The van der Waals surface area contributed by atoms with E-state index in [1.807, 2.05) is 13.8 Å². The molecule has 54 heavy (non-hydrogen) atoms. The topological polar surface area (TPSA) is 201 Å². The van der Waals surface area contributed by atoms with Gasteiger partial charge < -0.3 is 41.1 Å². The fourth-order valence-corrected chi connectivity index (χ4v) is 7.83. The zero-order chi connectivity index (χ0) is 38.9. The second-order valence-corrected chi connectivity index (χ2v) is 15.0. The van der Waals surface area contributed by atoms with Crippen LogP contribution in [0.15, 0.2) is 36.4 Å². The number of unbranched alkanes of at least 4 members (excludes halogenated alkanes) is 2. The van der Waals surface area contributed by atoms with Crippen molar-refractivity contribution in [2.75, 3.05) is 32.0 Å². The van der Waals surface area contributed by atoms with Gasteiger partial charge in [0.15, 0.2) is 0 Å². The maximum absolute atomic E-state index is 14.4. The minimum Gasteiger partial charge on any atom is -0.461 e. The lowest BCUT2D eigenvalue weighted by Gasteiger charge is -2.41. The first-order valence-electron chi connectivity index (χ1n) is 19.4. The Morgan fingerprint density at radius 1 is 0.944 bits per heavy atom. The number of carbonyl (C=O) groups excluding carboxylic acids is 7. The summed E-state index contributed by atoms with van der Waals surface area (Å²) in [6.45, 7) is 5.84. The van der Waals surface area contributed by atoms with E-state index < -0.39 is 78.4 Å². The van der Waals surface area contributed by atoms with Gasteiger partial charge in [0.25, 0.3) is 0 Å². The molecule has 1 aromatic carbocycles. The number of ether oxygens (including phenoxy) is 1. The number of rotatable bonds is 9. The third-order valence-corrected chi connectivity index (χ3v) is 10.8. The van der Waals surface area contributed by atoms with Crippen molar-refractivity contribution in [3.8, 4) is 0 Å². The molecule has 1 aromatic rings. The van der Waals surface area contributed by atoms with Gasteiger partial charge in [-0.15, -0.1) is 0 Å². The highest BCUT2D eigenvalue weighted by molar-refractivity contribution is 5.98. The number of esters is 1. The molecule has 6 amide bonds. The quantitative estimate of drug-likeness (QED) is 0.124. The standard InChI is InChI=1S/C39H55N7O8/c1-4-5-6-7-15-33(47)42-28(22-26-11-8-12-27(40)21-26)34(48)43-29-23-54-39(53)31-14-10-18-45(31)36(50)25(3)41-35(49)32-20-24(2)16-19-46(32)38(52)30-13-9-17-44(30)37(29)51/h7-8,11-12,15,21,24-25,28-32H,4-6,9-10,13-14,16-20,22-23,40H2,1-3H3,(H,41,49)(H,42,47)(H,43,48)/b15-7+/t24?,25-,28-,29-,30+,31+,32+/m0/s1. The molecule has 4 heterocycles. The van der Waals surface area contributed by atoms with E-state index in [0.29, 0.717) is 62.7 Å². The Bertz CT molecular complexity index is 1620. The average Bonchev–Trinajstić information content (AvgIpc) is 3.84. The molecule has 5 N–H and O–H groups in total. The number of hydrogen-bond acceptors (Lipinski definition) is 9. The number of piperidine rings is 1. The van der Waals surface area contributed by atoms with Crippen LogP contribution in [-0.2, 0) is 44.7 Å². The minimum absolute atomic E-state index is 0.0467. The monoisotopic (exact) mass is 749 g/mol. The van der Waals surface area contributed by atoms with Crippen molar-refractivity contribution >= 4 is 47.1 Å². The Labute approximate surface area is 316 Å². The van der Waals surface area contributed by atoms with Gasteiger partial charge in [-0.3, -0.25) is 28.8 Å². The van der Waals surface area contributed by atoms with Gasteiger partial charge in [-0.2, -0.15) is 0 Å².